The van der Waals surface area contributed by atoms with E-state index in [1.165, 1.54) is 5.56 Å². The standard InChI is InChI=1S/C25H19ClN4O/c1-15-7-12-20-19(13-15)22-21(24(31-20)17-8-10-18(26)11-9-17)23(16-5-3-2-4-6-16)30-25(29-22)27-14-28-30/h2-14,23-24H,1H3,(H,27,28,29). The zero-order chi connectivity index (χ0) is 20.9. The minimum Gasteiger partial charge on any atom is -0.480 e. The van der Waals surface area contributed by atoms with Gasteiger partial charge in [-0.15, -0.1) is 0 Å². The number of nitrogens with one attached hydrogen (secondary N) is 1. The summed E-state index contributed by atoms with van der Waals surface area (Å²) in [4.78, 5) is 4.48. The average Bonchev–Trinajstić information content (AvgIpc) is 3.27. The third-order valence-corrected chi connectivity index (χ3v) is 6.11. The molecule has 0 fully saturated rings. The van der Waals surface area contributed by atoms with Crippen molar-refractivity contribution >= 4 is 23.2 Å². The molecule has 152 valence electrons. The fourth-order valence-corrected chi connectivity index (χ4v) is 4.58. The van der Waals surface area contributed by atoms with Crippen LogP contribution in [0.2, 0.25) is 5.02 Å². The second-order valence-electron chi connectivity index (χ2n) is 7.85. The van der Waals surface area contributed by atoms with Crippen molar-refractivity contribution in [1.29, 1.82) is 0 Å². The Morgan fingerprint density at radius 1 is 0.968 bits per heavy atom. The number of halogens is 1. The summed E-state index contributed by atoms with van der Waals surface area (Å²) in [6.07, 6.45) is 1.30. The van der Waals surface area contributed by atoms with Crippen molar-refractivity contribution in [3.63, 3.8) is 0 Å². The zero-order valence-electron chi connectivity index (χ0n) is 16.8. The molecule has 2 aliphatic heterocycles. The minimum atomic E-state index is -0.294. The van der Waals surface area contributed by atoms with Crippen molar-refractivity contribution in [2.24, 2.45) is 0 Å². The van der Waals surface area contributed by atoms with Crippen molar-refractivity contribution in [3.8, 4) is 5.75 Å². The molecular weight excluding hydrogens is 408 g/mol. The summed E-state index contributed by atoms with van der Waals surface area (Å²) in [7, 11) is 0. The minimum absolute atomic E-state index is 0.149. The Labute approximate surface area is 185 Å². The number of hydrogen-bond acceptors (Lipinski definition) is 4. The topological polar surface area (TPSA) is 52.0 Å². The number of fused-ring (bicyclic) bond motifs is 3. The Morgan fingerprint density at radius 2 is 1.77 bits per heavy atom. The van der Waals surface area contributed by atoms with Crippen LogP contribution >= 0.6 is 11.6 Å². The highest BCUT2D eigenvalue weighted by Crippen LogP contribution is 2.50. The van der Waals surface area contributed by atoms with Crippen molar-refractivity contribution in [2.45, 2.75) is 19.1 Å². The molecule has 3 aromatic carbocycles. The van der Waals surface area contributed by atoms with E-state index in [9.17, 15) is 0 Å². The van der Waals surface area contributed by atoms with Gasteiger partial charge in [0.2, 0.25) is 5.95 Å². The molecule has 3 heterocycles. The van der Waals surface area contributed by atoms with Crippen LogP contribution < -0.4 is 10.1 Å². The van der Waals surface area contributed by atoms with Gasteiger partial charge in [-0.3, -0.25) is 0 Å². The first-order chi connectivity index (χ1) is 15.2. The van der Waals surface area contributed by atoms with Gasteiger partial charge < -0.3 is 10.1 Å². The second-order valence-corrected chi connectivity index (χ2v) is 8.28. The lowest BCUT2D eigenvalue weighted by Gasteiger charge is -2.39. The summed E-state index contributed by atoms with van der Waals surface area (Å²) >= 11 is 6.18. The van der Waals surface area contributed by atoms with Crippen molar-refractivity contribution in [1.82, 2.24) is 14.8 Å². The first-order valence-corrected chi connectivity index (χ1v) is 10.6. The van der Waals surface area contributed by atoms with Crippen LogP contribution in [-0.2, 0) is 0 Å². The van der Waals surface area contributed by atoms with Gasteiger partial charge in [0.1, 0.15) is 24.2 Å². The second kappa shape index (κ2) is 7.00. The van der Waals surface area contributed by atoms with Gasteiger partial charge in [0, 0.05) is 16.2 Å². The number of rotatable bonds is 2. The smallest absolute Gasteiger partial charge is 0.226 e. The largest absolute Gasteiger partial charge is 0.480 e. The maximum absolute atomic E-state index is 6.62. The molecule has 1 aromatic heterocycles. The third kappa shape index (κ3) is 2.93. The Morgan fingerprint density at radius 3 is 2.58 bits per heavy atom. The van der Waals surface area contributed by atoms with E-state index in [1.807, 2.05) is 53.2 Å². The molecule has 0 spiro atoms. The fourth-order valence-electron chi connectivity index (χ4n) is 4.45. The van der Waals surface area contributed by atoms with Gasteiger partial charge in [-0.05, 0) is 42.3 Å². The highest BCUT2D eigenvalue weighted by atomic mass is 35.5. The average molecular weight is 427 g/mol. The van der Waals surface area contributed by atoms with Crippen LogP contribution in [0.1, 0.15) is 34.4 Å². The summed E-state index contributed by atoms with van der Waals surface area (Å²) in [5.74, 6) is 1.56. The van der Waals surface area contributed by atoms with E-state index < -0.39 is 0 Å². The number of nitrogens with zero attached hydrogens (tertiary/aromatic N) is 3. The first-order valence-electron chi connectivity index (χ1n) is 10.2. The highest BCUT2D eigenvalue weighted by Gasteiger charge is 2.40. The number of hydrogen-bond donors (Lipinski definition) is 1. The molecule has 0 saturated carbocycles. The summed E-state index contributed by atoms with van der Waals surface area (Å²) in [5.41, 5.74) is 6.50. The van der Waals surface area contributed by atoms with Gasteiger partial charge in [-0.25, -0.2) is 4.68 Å². The summed E-state index contributed by atoms with van der Waals surface area (Å²) in [5, 5.41) is 8.79. The molecule has 6 heteroatoms. The lowest BCUT2D eigenvalue weighted by atomic mass is 9.84. The molecule has 0 saturated heterocycles. The molecule has 2 atom stereocenters. The van der Waals surface area contributed by atoms with Gasteiger partial charge in [0.05, 0.1) is 5.70 Å². The van der Waals surface area contributed by atoms with Gasteiger partial charge in [-0.1, -0.05) is 65.7 Å². The van der Waals surface area contributed by atoms with Crippen LogP contribution in [0.3, 0.4) is 0 Å². The SMILES string of the molecule is Cc1ccc2c(c1)C1=C(C(c3ccc(Cl)cc3)O2)C(c2ccccc2)n2ncnc2N1. The number of benzene rings is 3. The van der Waals surface area contributed by atoms with Crippen molar-refractivity contribution in [3.05, 3.63) is 112 Å². The summed E-state index contributed by atoms with van der Waals surface area (Å²) < 4.78 is 8.55. The fraction of sp³-hybridized carbons (Fsp3) is 0.120. The molecule has 6 rings (SSSR count). The highest BCUT2D eigenvalue weighted by molar-refractivity contribution is 6.30. The number of anilines is 1. The predicted octanol–water partition coefficient (Wildman–Crippen LogP) is 5.80. The zero-order valence-corrected chi connectivity index (χ0v) is 17.5. The molecule has 0 aliphatic carbocycles. The number of aromatic nitrogens is 3. The summed E-state index contributed by atoms with van der Waals surface area (Å²) in [6.45, 7) is 2.09. The predicted molar refractivity (Wildman–Crippen MR) is 121 cm³/mol. The van der Waals surface area contributed by atoms with Crippen LogP contribution in [0.5, 0.6) is 5.75 Å². The maximum Gasteiger partial charge on any atom is 0.226 e. The Kier molecular flexibility index (Phi) is 4.11. The molecular formula is C25H19ClN4O. The third-order valence-electron chi connectivity index (χ3n) is 5.86. The van der Waals surface area contributed by atoms with Crippen molar-refractivity contribution in [2.75, 3.05) is 5.32 Å². The molecule has 2 unspecified atom stereocenters. The van der Waals surface area contributed by atoms with Crippen LogP contribution in [0.4, 0.5) is 5.95 Å². The summed E-state index contributed by atoms with van der Waals surface area (Å²) in [6, 6.07) is 24.3. The molecule has 0 bridgehead atoms. The quantitative estimate of drug-likeness (QED) is 0.440. The molecule has 1 N–H and O–H groups in total. The maximum atomic E-state index is 6.62. The van der Waals surface area contributed by atoms with E-state index in [-0.39, 0.29) is 12.1 Å². The number of aryl methyl sites for hydroxylation is 1. The molecule has 5 nitrogen and oxygen atoms in total. The van der Waals surface area contributed by atoms with Crippen LogP contribution in [-0.4, -0.2) is 14.8 Å². The van der Waals surface area contributed by atoms with E-state index in [0.29, 0.717) is 5.02 Å². The Balaban J connectivity index is 1.64. The Hall–Kier alpha value is -3.57. The van der Waals surface area contributed by atoms with E-state index >= 15 is 0 Å². The van der Waals surface area contributed by atoms with Gasteiger partial charge in [0.25, 0.3) is 0 Å². The molecule has 31 heavy (non-hydrogen) atoms. The lowest BCUT2D eigenvalue weighted by molar-refractivity contribution is 0.223. The van der Waals surface area contributed by atoms with Crippen LogP contribution in [0.25, 0.3) is 5.70 Å². The normalized spacial score (nSPS) is 19.0. The van der Waals surface area contributed by atoms with Crippen molar-refractivity contribution < 1.29 is 4.74 Å². The Bertz CT molecular complexity index is 1310. The lowest BCUT2D eigenvalue weighted by Crippen LogP contribution is -2.32. The molecule has 2 aliphatic rings. The molecule has 0 radical (unpaired) electrons. The van der Waals surface area contributed by atoms with E-state index in [4.69, 9.17) is 16.3 Å². The van der Waals surface area contributed by atoms with Gasteiger partial charge >= 0.3 is 0 Å². The van der Waals surface area contributed by atoms with E-state index in [2.05, 4.69) is 46.6 Å². The molecule has 0 amide bonds. The monoisotopic (exact) mass is 426 g/mol. The first kappa shape index (κ1) is 18.2. The molecule has 4 aromatic rings. The van der Waals surface area contributed by atoms with Gasteiger partial charge in [0.15, 0.2) is 0 Å². The van der Waals surface area contributed by atoms with Crippen LogP contribution in [0.15, 0.2) is 84.7 Å². The van der Waals surface area contributed by atoms with Gasteiger partial charge in [-0.2, -0.15) is 10.1 Å². The van der Waals surface area contributed by atoms with Crippen LogP contribution in [0, 0.1) is 6.92 Å². The van der Waals surface area contributed by atoms with E-state index in [1.54, 1.807) is 6.33 Å². The van der Waals surface area contributed by atoms with E-state index in [0.717, 1.165) is 39.7 Å². The number of ether oxygens (including phenoxy) is 1.